The highest BCUT2D eigenvalue weighted by Crippen LogP contribution is 2.24. The van der Waals surface area contributed by atoms with Crippen molar-refractivity contribution in [1.82, 2.24) is 5.32 Å². The van der Waals surface area contributed by atoms with Crippen LogP contribution in [0.2, 0.25) is 0 Å². The average Bonchev–Trinajstić information content (AvgIpc) is 2.52. The topological polar surface area (TPSA) is 30.5 Å². The lowest BCUT2D eigenvalue weighted by atomic mass is 9.98. The summed E-state index contributed by atoms with van der Waals surface area (Å²) < 4.78 is 10.7. The van der Waals surface area contributed by atoms with Crippen molar-refractivity contribution in [3.63, 3.8) is 0 Å². The monoisotopic (exact) mass is 277 g/mol. The predicted octanol–water partition coefficient (Wildman–Crippen LogP) is 3.70. The SMILES string of the molecule is CCCC[C@H](NC1CCOCC1)c1ccc(OC)cc1. The van der Waals surface area contributed by atoms with E-state index in [9.17, 15) is 0 Å². The molecule has 0 unspecified atom stereocenters. The van der Waals surface area contributed by atoms with E-state index in [1.807, 2.05) is 0 Å². The number of nitrogens with one attached hydrogen (secondary N) is 1. The molecule has 0 bridgehead atoms. The summed E-state index contributed by atoms with van der Waals surface area (Å²) >= 11 is 0. The Balaban J connectivity index is 2.00. The zero-order chi connectivity index (χ0) is 14.2. The highest BCUT2D eigenvalue weighted by atomic mass is 16.5. The van der Waals surface area contributed by atoms with Crippen LogP contribution in [-0.4, -0.2) is 26.4 Å². The molecule has 1 N–H and O–H groups in total. The van der Waals surface area contributed by atoms with Crippen LogP contribution in [0.15, 0.2) is 24.3 Å². The number of methoxy groups -OCH3 is 1. The second kappa shape index (κ2) is 8.28. The molecule has 1 atom stereocenters. The lowest BCUT2D eigenvalue weighted by Gasteiger charge is -2.29. The van der Waals surface area contributed by atoms with Gasteiger partial charge in [0, 0.05) is 25.3 Å². The molecule has 112 valence electrons. The third kappa shape index (κ3) is 4.50. The third-order valence-electron chi connectivity index (χ3n) is 4.02. The van der Waals surface area contributed by atoms with Gasteiger partial charge in [-0.2, -0.15) is 0 Å². The quantitative estimate of drug-likeness (QED) is 0.824. The second-order valence-electron chi connectivity index (χ2n) is 5.52. The Morgan fingerprint density at radius 1 is 1.25 bits per heavy atom. The summed E-state index contributed by atoms with van der Waals surface area (Å²) in [6.45, 7) is 4.03. The molecule has 1 saturated heterocycles. The summed E-state index contributed by atoms with van der Waals surface area (Å²) in [4.78, 5) is 0. The maximum Gasteiger partial charge on any atom is 0.118 e. The lowest BCUT2D eigenvalue weighted by Crippen LogP contribution is -2.37. The van der Waals surface area contributed by atoms with Crippen LogP contribution in [0.4, 0.5) is 0 Å². The Labute approximate surface area is 122 Å². The summed E-state index contributed by atoms with van der Waals surface area (Å²) in [6.07, 6.45) is 5.94. The largest absolute Gasteiger partial charge is 0.497 e. The number of hydrogen-bond acceptors (Lipinski definition) is 3. The Morgan fingerprint density at radius 3 is 2.55 bits per heavy atom. The molecule has 3 heteroatoms. The molecule has 1 aromatic rings. The van der Waals surface area contributed by atoms with Gasteiger partial charge in [-0.05, 0) is 37.0 Å². The highest BCUT2D eigenvalue weighted by Gasteiger charge is 2.19. The number of hydrogen-bond donors (Lipinski definition) is 1. The summed E-state index contributed by atoms with van der Waals surface area (Å²) in [5.41, 5.74) is 1.37. The fourth-order valence-electron chi connectivity index (χ4n) is 2.74. The van der Waals surface area contributed by atoms with Crippen molar-refractivity contribution in [2.75, 3.05) is 20.3 Å². The average molecular weight is 277 g/mol. The molecule has 0 aliphatic carbocycles. The van der Waals surface area contributed by atoms with Gasteiger partial charge in [0.1, 0.15) is 5.75 Å². The van der Waals surface area contributed by atoms with Crippen molar-refractivity contribution >= 4 is 0 Å². The van der Waals surface area contributed by atoms with Crippen molar-refractivity contribution in [3.05, 3.63) is 29.8 Å². The third-order valence-corrected chi connectivity index (χ3v) is 4.02. The molecule has 3 nitrogen and oxygen atoms in total. The Kier molecular flexibility index (Phi) is 6.34. The maximum absolute atomic E-state index is 5.44. The molecule has 1 aliphatic heterocycles. The summed E-state index contributed by atoms with van der Waals surface area (Å²) in [7, 11) is 1.71. The van der Waals surface area contributed by atoms with Crippen LogP contribution in [-0.2, 0) is 4.74 Å². The molecule has 0 aromatic heterocycles. The van der Waals surface area contributed by atoms with Gasteiger partial charge in [0.15, 0.2) is 0 Å². The first-order chi connectivity index (χ1) is 9.83. The summed E-state index contributed by atoms with van der Waals surface area (Å²) in [6, 6.07) is 9.52. The van der Waals surface area contributed by atoms with Gasteiger partial charge in [0.05, 0.1) is 7.11 Å². The number of ether oxygens (including phenoxy) is 2. The zero-order valence-electron chi connectivity index (χ0n) is 12.7. The Hall–Kier alpha value is -1.06. The van der Waals surface area contributed by atoms with Crippen LogP contribution in [0.25, 0.3) is 0 Å². The van der Waals surface area contributed by atoms with Gasteiger partial charge in [-0.1, -0.05) is 31.9 Å². The minimum Gasteiger partial charge on any atom is -0.497 e. The lowest BCUT2D eigenvalue weighted by molar-refractivity contribution is 0.0744. The molecular weight excluding hydrogens is 250 g/mol. The molecular formula is C17H27NO2. The fourth-order valence-corrected chi connectivity index (χ4v) is 2.74. The fraction of sp³-hybridized carbons (Fsp3) is 0.647. The van der Waals surface area contributed by atoms with E-state index in [4.69, 9.17) is 9.47 Å². The minimum atomic E-state index is 0.448. The first kappa shape index (κ1) is 15.3. The minimum absolute atomic E-state index is 0.448. The van der Waals surface area contributed by atoms with Gasteiger partial charge in [-0.25, -0.2) is 0 Å². The molecule has 0 amide bonds. The smallest absolute Gasteiger partial charge is 0.118 e. The first-order valence-electron chi connectivity index (χ1n) is 7.81. The van der Waals surface area contributed by atoms with Crippen molar-refractivity contribution in [2.24, 2.45) is 0 Å². The van der Waals surface area contributed by atoms with Gasteiger partial charge in [-0.3, -0.25) is 0 Å². The van der Waals surface area contributed by atoms with Gasteiger partial charge in [0.25, 0.3) is 0 Å². The maximum atomic E-state index is 5.44. The van der Waals surface area contributed by atoms with E-state index >= 15 is 0 Å². The molecule has 1 aliphatic rings. The molecule has 1 fully saturated rings. The van der Waals surface area contributed by atoms with Gasteiger partial charge in [0.2, 0.25) is 0 Å². The zero-order valence-corrected chi connectivity index (χ0v) is 12.7. The molecule has 20 heavy (non-hydrogen) atoms. The van der Waals surface area contributed by atoms with E-state index < -0.39 is 0 Å². The van der Waals surface area contributed by atoms with Crippen LogP contribution in [0.1, 0.15) is 50.6 Å². The van der Waals surface area contributed by atoms with E-state index in [-0.39, 0.29) is 0 Å². The van der Waals surface area contributed by atoms with Crippen LogP contribution in [0, 0.1) is 0 Å². The van der Waals surface area contributed by atoms with Crippen molar-refractivity contribution in [2.45, 2.75) is 51.1 Å². The van der Waals surface area contributed by atoms with E-state index in [0.29, 0.717) is 12.1 Å². The van der Waals surface area contributed by atoms with Crippen LogP contribution in [0.3, 0.4) is 0 Å². The molecule has 0 saturated carbocycles. The predicted molar refractivity (Wildman–Crippen MR) is 82.2 cm³/mol. The van der Waals surface area contributed by atoms with Crippen molar-refractivity contribution in [1.29, 1.82) is 0 Å². The van der Waals surface area contributed by atoms with Crippen molar-refractivity contribution < 1.29 is 9.47 Å². The van der Waals surface area contributed by atoms with E-state index in [1.54, 1.807) is 7.11 Å². The van der Waals surface area contributed by atoms with E-state index in [1.165, 1.54) is 24.8 Å². The van der Waals surface area contributed by atoms with Crippen molar-refractivity contribution in [3.8, 4) is 5.75 Å². The molecule has 1 aromatic carbocycles. The number of rotatable bonds is 7. The number of benzene rings is 1. The second-order valence-corrected chi connectivity index (χ2v) is 5.52. The van der Waals surface area contributed by atoms with Gasteiger partial charge < -0.3 is 14.8 Å². The Morgan fingerprint density at radius 2 is 1.95 bits per heavy atom. The van der Waals surface area contributed by atoms with E-state index in [0.717, 1.165) is 31.8 Å². The van der Waals surface area contributed by atoms with E-state index in [2.05, 4.69) is 36.5 Å². The standard InChI is InChI=1S/C17H27NO2/c1-3-4-5-17(18-15-10-12-20-13-11-15)14-6-8-16(19-2)9-7-14/h6-9,15,17-18H,3-5,10-13H2,1-2H3/t17-/m0/s1. The Bertz CT molecular complexity index is 371. The van der Waals surface area contributed by atoms with Crippen LogP contribution < -0.4 is 10.1 Å². The van der Waals surface area contributed by atoms with Gasteiger partial charge in [-0.15, -0.1) is 0 Å². The van der Waals surface area contributed by atoms with Gasteiger partial charge >= 0.3 is 0 Å². The van der Waals surface area contributed by atoms with Crippen LogP contribution >= 0.6 is 0 Å². The summed E-state index contributed by atoms with van der Waals surface area (Å²) in [5, 5.41) is 3.82. The molecule has 1 heterocycles. The molecule has 0 spiro atoms. The highest BCUT2D eigenvalue weighted by molar-refractivity contribution is 5.29. The first-order valence-corrected chi connectivity index (χ1v) is 7.81. The summed E-state index contributed by atoms with van der Waals surface area (Å²) in [5.74, 6) is 0.925. The molecule has 0 radical (unpaired) electrons. The number of unbranched alkanes of at least 4 members (excludes halogenated alkanes) is 1. The molecule has 2 rings (SSSR count). The normalized spacial score (nSPS) is 17.9. The van der Waals surface area contributed by atoms with Crippen LogP contribution in [0.5, 0.6) is 5.75 Å².